The lowest BCUT2D eigenvalue weighted by Crippen LogP contribution is -2.41. The zero-order chi connectivity index (χ0) is 19.3. The number of carbonyl (C=O) groups is 1. The first-order valence-electron chi connectivity index (χ1n) is 9.29. The maximum absolute atomic E-state index is 13.0. The Morgan fingerprint density at radius 2 is 2.04 bits per heavy atom. The molecule has 0 bridgehead atoms. The van der Waals surface area contributed by atoms with Gasteiger partial charge in [-0.25, -0.2) is 9.48 Å². The van der Waals surface area contributed by atoms with Crippen molar-refractivity contribution in [3.05, 3.63) is 60.4 Å². The molecule has 0 radical (unpaired) electrons. The van der Waals surface area contributed by atoms with Gasteiger partial charge in [-0.15, -0.1) is 5.10 Å². The van der Waals surface area contributed by atoms with Crippen molar-refractivity contribution >= 4 is 11.7 Å². The average Bonchev–Trinajstić information content (AvgIpc) is 3.29. The Hall–Kier alpha value is -3.42. The van der Waals surface area contributed by atoms with Crippen LogP contribution >= 0.6 is 0 Å². The molecule has 8 nitrogen and oxygen atoms in total. The molecule has 3 aromatic rings. The van der Waals surface area contributed by atoms with Gasteiger partial charge in [0.15, 0.2) is 0 Å². The smallest absolute Gasteiger partial charge is 0.322 e. The molecule has 4 rings (SSSR count). The third-order valence-electron chi connectivity index (χ3n) is 4.97. The number of anilines is 1. The van der Waals surface area contributed by atoms with Crippen LogP contribution in [0, 0.1) is 0 Å². The number of nitrogens with zero attached hydrogens (tertiary/aromatic N) is 5. The highest BCUT2D eigenvalue weighted by Gasteiger charge is 2.28. The first-order valence-corrected chi connectivity index (χ1v) is 9.29. The summed E-state index contributed by atoms with van der Waals surface area (Å²) < 4.78 is 6.91. The number of benzene rings is 2. The van der Waals surface area contributed by atoms with Crippen molar-refractivity contribution in [3.8, 4) is 11.4 Å². The van der Waals surface area contributed by atoms with E-state index in [4.69, 9.17) is 4.74 Å². The third kappa shape index (κ3) is 3.80. The fourth-order valence-corrected chi connectivity index (χ4v) is 3.54. The van der Waals surface area contributed by atoms with E-state index in [0.717, 1.165) is 48.5 Å². The Labute approximate surface area is 163 Å². The minimum atomic E-state index is -0.0947. The second-order valence-electron chi connectivity index (χ2n) is 6.71. The lowest BCUT2D eigenvalue weighted by Gasteiger charge is -2.36. The summed E-state index contributed by atoms with van der Waals surface area (Å²) in [5, 5.41) is 14.1. The predicted molar refractivity (Wildman–Crippen MR) is 104 cm³/mol. The number of rotatable bonds is 4. The van der Waals surface area contributed by atoms with Gasteiger partial charge < -0.3 is 15.0 Å². The molecule has 1 N–H and O–H groups in total. The van der Waals surface area contributed by atoms with E-state index in [-0.39, 0.29) is 12.1 Å². The number of aromatic nitrogens is 4. The molecule has 144 valence electrons. The largest absolute Gasteiger partial charge is 0.497 e. The summed E-state index contributed by atoms with van der Waals surface area (Å²) in [6, 6.07) is 15.3. The van der Waals surface area contributed by atoms with Crippen LogP contribution in [0.5, 0.6) is 5.75 Å². The Morgan fingerprint density at radius 3 is 2.79 bits per heavy atom. The zero-order valence-electron chi connectivity index (χ0n) is 15.7. The van der Waals surface area contributed by atoms with Gasteiger partial charge in [-0.3, -0.25) is 0 Å². The highest BCUT2D eigenvalue weighted by molar-refractivity contribution is 5.89. The summed E-state index contributed by atoms with van der Waals surface area (Å²) in [6.07, 6.45) is 4.58. The van der Waals surface area contributed by atoms with Crippen LogP contribution in [-0.4, -0.2) is 44.8 Å². The number of amides is 2. The molecular formula is C20H22N6O2. The minimum Gasteiger partial charge on any atom is -0.497 e. The number of nitrogens with one attached hydrogen (secondary N) is 1. The summed E-state index contributed by atoms with van der Waals surface area (Å²) >= 11 is 0. The number of ether oxygens (including phenoxy) is 1. The summed E-state index contributed by atoms with van der Waals surface area (Å²) in [6.45, 7) is 0.733. The molecule has 1 aliphatic rings. The van der Waals surface area contributed by atoms with Gasteiger partial charge in [0.25, 0.3) is 0 Å². The average molecular weight is 378 g/mol. The molecule has 2 aromatic carbocycles. The first kappa shape index (κ1) is 18.0. The van der Waals surface area contributed by atoms with Gasteiger partial charge in [-0.05, 0) is 71.7 Å². The van der Waals surface area contributed by atoms with Crippen LogP contribution < -0.4 is 10.1 Å². The molecule has 1 atom stereocenters. The van der Waals surface area contributed by atoms with Gasteiger partial charge in [0.2, 0.25) is 0 Å². The monoisotopic (exact) mass is 378 g/mol. The standard InChI is InChI=1S/C20H22N6O2/c1-28-18-6-4-5-15(13-18)19-7-2-3-12-25(19)20(27)22-16-8-10-17(11-9-16)26-14-21-23-24-26/h4-6,8-11,13-14,19H,2-3,7,12H2,1H3,(H,22,27)/t19-/m1/s1. The SMILES string of the molecule is COc1cccc([C@H]2CCCCN2C(=O)Nc2ccc(-n3cnnn3)cc2)c1. The molecule has 8 heteroatoms. The van der Waals surface area contributed by atoms with Crippen molar-refractivity contribution in [1.29, 1.82) is 0 Å². The van der Waals surface area contributed by atoms with Crippen LogP contribution in [0.15, 0.2) is 54.9 Å². The first-order chi connectivity index (χ1) is 13.7. The van der Waals surface area contributed by atoms with Gasteiger partial charge in [-0.1, -0.05) is 12.1 Å². The zero-order valence-corrected chi connectivity index (χ0v) is 15.7. The molecule has 1 fully saturated rings. The van der Waals surface area contributed by atoms with Gasteiger partial charge in [-0.2, -0.15) is 0 Å². The van der Waals surface area contributed by atoms with Crippen LogP contribution in [0.3, 0.4) is 0 Å². The molecule has 28 heavy (non-hydrogen) atoms. The number of likely N-dealkylation sites (tertiary alicyclic amines) is 1. The molecule has 2 amide bonds. The second-order valence-corrected chi connectivity index (χ2v) is 6.71. The van der Waals surface area contributed by atoms with Gasteiger partial charge in [0.1, 0.15) is 12.1 Å². The molecule has 0 aliphatic carbocycles. The lowest BCUT2D eigenvalue weighted by atomic mass is 9.95. The quantitative estimate of drug-likeness (QED) is 0.752. The van der Waals surface area contributed by atoms with Crippen LogP contribution in [0.2, 0.25) is 0 Å². The Kier molecular flexibility index (Phi) is 5.18. The maximum Gasteiger partial charge on any atom is 0.322 e. The van der Waals surface area contributed by atoms with E-state index in [9.17, 15) is 4.79 Å². The molecule has 0 saturated carbocycles. The topological polar surface area (TPSA) is 85.2 Å². The van der Waals surface area contributed by atoms with Crippen LogP contribution in [0.1, 0.15) is 30.9 Å². The molecule has 1 aromatic heterocycles. The second kappa shape index (κ2) is 8.08. The Bertz CT molecular complexity index is 926. The van der Waals surface area contributed by atoms with Crippen molar-refractivity contribution in [2.45, 2.75) is 25.3 Å². The number of tetrazole rings is 1. The molecule has 2 heterocycles. The normalized spacial score (nSPS) is 16.6. The van der Waals surface area contributed by atoms with E-state index in [0.29, 0.717) is 0 Å². The molecular weight excluding hydrogens is 356 g/mol. The van der Waals surface area contributed by atoms with Crippen molar-refractivity contribution < 1.29 is 9.53 Å². The van der Waals surface area contributed by atoms with E-state index in [1.807, 2.05) is 47.4 Å². The van der Waals surface area contributed by atoms with E-state index in [2.05, 4.69) is 26.9 Å². The highest BCUT2D eigenvalue weighted by atomic mass is 16.5. The van der Waals surface area contributed by atoms with Crippen LogP contribution in [0.4, 0.5) is 10.5 Å². The number of hydrogen-bond acceptors (Lipinski definition) is 5. The van der Waals surface area contributed by atoms with Crippen molar-refractivity contribution in [2.24, 2.45) is 0 Å². The summed E-state index contributed by atoms with van der Waals surface area (Å²) in [5.41, 5.74) is 2.66. The van der Waals surface area contributed by atoms with Crippen LogP contribution in [0.25, 0.3) is 5.69 Å². The van der Waals surface area contributed by atoms with Gasteiger partial charge in [0, 0.05) is 12.2 Å². The Balaban J connectivity index is 1.49. The number of hydrogen-bond donors (Lipinski definition) is 1. The summed E-state index contributed by atoms with van der Waals surface area (Å²) in [7, 11) is 1.66. The number of methoxy groups -OCH3 is 1. The molecule has 0 unspecified atom stereocenters. The third-order valence-corrected chi connectivity index (χ3v) is 4.97. The Morgan fingerprint density at radius 1 is 1.18 bits per heavy atom. The summed E-state index contributed by atoms with van der Waals surface area (Å²) in [5.74, 6) is 0.807. The minimum absolute atomic E-state index is 0.0457. The van der Waals surface area contributed by atoms with Crippen molar-refractivity contribution in [1.82, 2.24) is 25.1 Å². The van der Waals surface area contributed by atoms with Crippen molar-refractivity contribution in [3.63, 3.8) is 0 Å². The van der Waals surface area contributed by atoms with E-state index in [1.165, 1.54) is 6.33 Å². The molecule has 1 saturated heterocycles. The van der Waals surface area contributed by atoms with Crippen LogP contribution in [-0.2, 0) is 0 Å². The number of urea groups is 1. The van der Waals surface area contributed by atoms with Crippen molar-refractivity contribution in [2.75, 3.05) is 19.0 Å². The lowest BCUT2D eigenvalue weighted by molar-refractivity contribution is 0.163. The molecule has 0 spiro atoms. The summed E-state index contributed by atoms with van der Waals surface area (Å²) in [4.78, 5) is 14.9. The molecule has 1 aliphatic heterocycles. The van der Waals surface area contributed by atoms with E-state index < -0.39 is 0 Å². The van der Waals surface area contributed by atoms with E-state index >= 15 is 0 Å². The number of piperidine rings is 1. The highest BCUT2D eigenvalue weighted by Crippen LogP contribution is 2.33. The van der Waals surface area contributed by atoms with E-state index in [1.54, 1.807) is 11.8 Å². The fourth-order valence-electron chi connectivity index (χ4n) is 3.54. The van der Waals surface area contributed by atoms with Gasteiger partial charge in [0.05, 0.1) is 18.8 Å². The number of carbonyl (C=O) groups excluding carboxylic acids is 1. The fraction of sp³-hybridized carbons (Fsp3) is 0.300. The predicted octanol–water partition coefficient (Wildman–Crippen LogP) is 3.43. The van der Waals surface area contributed by atoms with Gasteiger partial charge >= 0.3 is 6.03 Å². The maximum atomic E-state index is 13.0.